The number of hydrogen-bond acceptors (Lipinski definition) is 3. The highest BCUT2D eigenvalue weighted by Crippen LogP contribution is 2.37. The Morgan fingerprint density at radius 3 is 2.76 bits per heavy atom. The molecule has 1 saturated heterocycles. The van der Waals surface area contributed by atoms with Gasteiger partial charge in [-0.15, -0.1) is 11.6 Å². The summed E-state index contributed by atoms with van der Waals surface area (Å²) >= 11 is 6.17. The van der Waals surface area contributed by atoms with E-state index >= 15 is 0 Å². The van der Waals surface area contributed by atoms with Crippen LogP contribution in [-0.4, -0.2) is 26.2 Å². The Bertz CT molecular complexity index is 381. The quantitative estimate of drug-likeness (QED) is 0.778. The van der Waals surface area contributed by atoms with Gasteiger partial charge in [0.15, 0.2) is 0 Å². The standard InChI is InChI=1S/C13H17ClO3/c1-15-10-3-4-11(12(8-10)16-2)13-7-9(14)5-6-17-13/h3-4,8-9,13H,5-7H2,1-2H3. The Hall–Kier alpha value is -0.930. The van der Waals surface area contributed by atoms with Gasteiger partial charge in [-0.1, -0.05) is 0 Å². The molecule has 1 fully saturated rings. The summed E-state index contributed by atoms with van der Waals surface area (Å²) in [7, 11) is 3.29. The lowest BCUT2D eigenvalue weighted by atomic mass is 10.00. The normalized spacial score (nSPS) is 24.4. The lowest BCUT2D eigenvalue weighted by Gasteiger charge is -2.27. The minimum atomic E-state index is 0.0205. The second-order valence-corrected chi connectivity index (χ2v) is 4.71. The molecule has 4 heteroatoms. The molecule has 1 heterocycles. The molecule has 1 aliphatic heterocycles. The second-order valence-electron chi connectivity index (χ2n) is 4.09. The van der Waals surface area contributed by atoms with E-state index in [1.165, 1.54) is 0 Å². The van der Waals surface area contributed by atoms with Gasteiger partial charge in [0.1, 0.15) is 11.5 Å². The number of rotatable bonds is 3. The minimum Gasteiger partial charge on any atom is -0.497 e. The molecule has 0 spiro atoms. The average Bonchev–Trinajstić information content (AvgIpc) is 2.38. The minimum absolute atomic E-state index is 0.0205. The zero-order valence-corrected chi connectivity index (χ0v) is 10.9. The molecular formula is C13H17ClO3. The Morgan fingerprint density at radius 1 is 1.29 bits per heavy atom. The van der Waals surface area contributed by atoms with Gasteiger partial charge in [-0.25, -0.2) is 0 Å². The number of ether oxygens (including phenoxy) is 3. The second kappa shape index (κ2) is 5.61. The van der Waals surface area contributed by atoms with E-state index in [0.29, 0.717) is 6.61 Å². The molecular weight excluding hydrogens is 240 g/mol. The van der Waals surface area contributed by atoms with Crippen LogP contribution in [0.4, 0.5) is 0 Å². The van der Waals surface area contributed by atoms with E-state index in [2.05, 4.69) is 0 Å². The maximum atomic E-state index is 6.17. The van der Waals surface area contributed by atoms with E-state index in [0.717, 1.165) is 29.9 Å². The summed E-state index contributed by atoms with van der Waals surface area (Å²) in [5.74, 6) is 1.57. The van der Waals surface area contributed by atoms with Crippen LogP contribution in [0.25, 0.3) is 0 Å². The van der Waals surface area contributed by atoms with E-state index in [-0.39, 0.29) is 11.5 Å². The zero-order chi connectivity index (χ0) is 12.3. The van der Waals surface area contributed by atoms with Crippen molar-refractivity contribution in [3.05, 3.63) is 23.8 Å². The molecule has 94 valence electrons. The average molecular weight is 257 g/mol. The molecule has 3 nitrogen and oxygen atoms in total. The van der Waals surface area contributed by atoms with Crippen LogP contribution in [0.1, 0.15) is 24.5 Å². The largest absolute Gasteiger partial charge is 0.497 e. The van der Waals surface area contributed by atoms with Crippen LogP contribution in [-0.2, 0) is 4.74 Å². The molecule has 17 heavy (non-hydrogen) atoms. The number of halogens is 1. The van der Waals surface area contributed by atoms with Crippen molar-refractivity contribution in [2.24, 2.45) is 0 Å². The lowest BCUT2D eigenvalue weighted by molar-refractivity contribution is 0.0155. The Labute approximate surface area is 107 Å². The van der Waals surface area contributed by atoms with Crippen LogP contribution >= 0.6 is 11.6 Å². The van der Waals surface area contributed by atoms with Crippen molar-refractivity contribution in [3.8, 4) is 11.5 Å². The van der Waals surface area contributed by atoms with Gasteiger partial charge in [-0.05, 0) is 25.0 Å². The Balaban J connectivity index is 2.24. The van der Waals surface area contributed by atoms with Gasteiger partial charge in [0, 0.05) is 23.6 Å². The molecule has 2 rings (SSSR count). The maximum absolute atomic E-state index is 6.17. The van der Waals surface area contributed by atoms with Gasteiger partial charge in [-0.3, -0.25) is 0 Å². The van der Waals surface area contributed by atoms with Crippen molar-refractivity contribution >= 4 is 11.6 Å². The fourth-order valence-electron chi connectivity index (χ4n) is 2.06. The SMILES string of the molecule is COc1ccc(C2CC(Cl)CCO2)c(OC)c1. The van der Waals surface area contributed by atoms with Crippen molar-refractivity contribution in [1.82, 2.24) is 0 Å². The molecule has 0 bridgehead atoms. The fourth-order valence-corrected chi connectivity index (χ4v) is 2.31. The predicted octanol–water partition coefficient (Wildman–Crippen LogP) is 3.16. The summed E-state index contributed by atoms with van der Waals surface area (Å²) in [5, 5.41) is 0.181. The maximum Gasteiger partial charge on any atom is 0.128 e. The van der Waals surface area contributed by atoms with Crippen molar-refractivity contribution in [3.63, 3.8) is 0 Å². The van der Waals surface area contributed by atoms with Crippen LogP contribution in [0.3, 0.4) is 0 Å². The van der Waals surface area contributed by atoms with E-state index in [1.54, 1.807) is 14.2 Å². The summed E-state index contributed by atoms with van der Waals surface area (Å²) in [4.78, 5) is 0. The highest BCUT2D eigenvalue weighted by Gasteiger charge is 2.25. The third kappa shape index (κ3) is 2.85. The van der Waals surface area contributed by atoms with Gasteiger partial charge >= 0.3 is 0 Å². The molecule has 2 atom stereocenters. The van der Waals surface area contributed by atoms with E-state index in [4.69, 9.17) is 25.8 Å². The molecule has 0 radical (unpaired) electrons. The first-order valence-corrected chi connectivity index (χ1v) is 6.16. The molecule has 0 aliphatic carbocycles. The topological polar surface area (TPSA) is 27.7 Å². The summed E-state index contributed by atoms with van der Waals surface area (Å²) < 4.78 is 16.3. The number of methoxy groups -OCH3 is 2. The highest BCUT2D eigenvalue weighted by atomic mass is 35.5. The van der Waals surface area contributed by atoms with Crippen LogP contribution in [0.2, 0.25) is 0 Å². The number of hydrogen-bond donors (Lipinski definition) is 0. The monoisotopic (exact) mass is 256 g/mol. The first-order valence-electron chi connectivity index (χ1n) is 5.72. The smallest absolute Gasteiger partial charge is 0.128 e. The molecule has 0 saturated carbocycles. The van der Waals surface area contributed by atoms with Crippen molar-refractivity contribution in [1.29, 1.82) is 0 Å². The summed E-state index contributed by atoms with van der Waals surface area (Å²) in [6.07, 6.45) is 1.76. The van der Waals surface area contributed by atoms with Gasteiger partial charge < -0.3 is 14.2 Å². The first-order chi connectivity index (χ1) is 8.24. The zero-order valence-electron chi connectivity index (χ0n) is 10.1. The fraction of sp³-hybridized carbons (Fsp3) is 0.538. The van der Waals surface area contributed by atoms with E-state index in [9.17, 15) is 0 Å². The van der Waals surface area contributed by atoms with Crippen molar-refractivity contribution in [2.45, 2.75) is 24.3 Å². The third-order valence-corrected chi connectivity index (χ3v) is 3.40. The van der Waals surface area contributed by atoms with Crippen molar-refractivity contribution < 1.29 is 14.2 Å². The molecule has 1 aromatic rings. The molecule has 1 aromatic carbocycles. The molecule has 0 N–H and O–H groups in total. The molecule has 0 amide bonds. The summed E-state index contributed by atoms with van der Waals surface area (Å²) in [6, 6.07) is 5.77. The van der Waals surface area contributed by atoms with Crippen LogP contribution in [0, 0.1) is 0 Å². The van der Waals surface area contributed by atoms with Crippen LogP contribution in [0.15, 0.2) is 18.2 Å². The summed E-state index contributed by atoms with van der Waals surface area (Å²) in [6.45, 7) is 0.702. The van der Waals surface area contributed by atoms with E-state index in [1.807, 2.05) is 18.2 Å². The van der Waals surface area contributed by atoms with Crippen LogP contribution < -0.4 is 9.47 Å². The van der Waals surface area contributed by atoms with Gasteiger partial charge in [0.25, 0.3) is 0 Å². The molecule has 2 unspecified atom stereocenters. The highest BCUT2D eigenvalue weighted by molar-refractivity contribution is 6.20. The Morgan fingerprint density at radius 2 is 2.12 bits per heavy atom. The summed E-state index contributed by atoms with van der Waals surface area (Å²) in [5.41, 5.74) is 1.04. The molecule has 1 aliphatic rings. The molecule has 0 aromatic heterocycles. The number of benzene rings is 1. The third-order valence-electron chi connectivity index (χ3n) is 3.01. The first kappa shape index (κ1) is 12.5. The van der Waals surface area contributed by atoms with Gasteiger partial charge in [-0.2, -0.15) is 0 Å². The van der Waals surface area contributed by atoms with Gasteiger partial charge in [0.2, 0.25) is 0 Å². The van der Waals surface area contributed by atoms with Crippen LogP contribution in [0.5, 0.6) is 11.5 Å². The lowest BCUT2D eigenvalue weighted by Crippen LogP contribution is -2.20. The number of alkyl halides is 1. The van der Waals surface area contributed by atoms with Gasteiger partial charge in [0.05, 0.1) is 20.3 Å². The van der Waals surface area contributed by atoms with E-state index < -0.39 is 0 Å². The Kier molecular flexibility index (Phi) is 4.13. The predicted molar refractivity (Wildman–Crippen MR) is 67.1 cm³/mol. The van der Waals surface area contributed by atoms with Crippen molar-refractivity contribution in [2.75, 3.05) is 20.8 Å².